The van der Waals surface area contributed by atoms with Crippen molar-refractivity contribution in [1.29, 1.82) is 0 Å². The molecule has 2 rings (SSSR count). The van der Waals surface area contributed by atoms with Crippen molar-refractivity contribution in [1.82, 2.24) is 9.55 Å². The molecule has 1 aromatic heterocycles. The number of fused-ring (bicyclic) bond motifs is 1. The molecule has 0 aliphatic heterocycles. The third-order valence-electron chi connectivity index (χ3n) is 3.36. The van der Waals surface area contributed by atoms with Gasteiger partial charge in [0, 0.05) is 11.6 Å². The fourth-order valence-electron chi connectivity index (χ4n) is 2.32. The van der Waals surface area contributed by atoms with Gasteiger partial charge < -0.3 is 9.55 Å². The second kappa shape index (κ2) is 5.89. The van der Waals surface area contributed by atoms with Crippen LogP contribution in [0.1, 0.15) is 38.2 Å². The van der Waals surface area contributed by atoms with Crippen LogP contribution in [0.4, 0.5) is 0 Å². The van der Waals surface area contributed by atoms with Gasteiger partial charge in [0.1, 0.15) is 0 Å². The van der Waals surface area contributed by atoms with Gasteiger partial charge in [-0.25, -0.2) is 0 Å². The number of rotatable bonds is 5. The molecule has 18 heavy (non-hydrogen) atoms. The number of aromatic nitrogens is 2. The van der Waals surface area contributed by atoms with Gasteiger partial charge >= 0.3 is 0 Å². The van der Waals surface area contributed by atoms with Crippen molar-refractivity contribution < 1.29 is 0 Å². The number of H-pyrrole nitrogens is 1. The first-order valence-electron chi connectivity index (χ1n) is 6.52. The molecule has 0 radical (unpaired) electrons. The fraction of sp³-hybridized carbons (Fsp3) is 0.500. The van der Waals surface area contributed by atoms with Gasteiger partial charge in [0.05, 0.1) is 11.0 Å². The van der Waals surface area contributed by atoms with Crippen molar-refractivity contribution >= 4 is 34.9 Å². The van der Waals surface area contributed by atoms with Crippen LogP contribution in [0, 0.1) is 11.7 Å². The van der Waals surface area contributed by atoms with E-state index >= 15 is 0 Å². The maximum Gasteiger partial charge on any atom is 0.178 e. The summed E-state index contributed by atoms with van der Waals surface area (Å²) in [5, 5.41) is 0.804. The Morgan fingerprint density at radius 3 is 2.78 bits per heavy atom. The number of imidazole rings is 1. The minimum absolute atomic E-state index is 0.798. The average Bonchev–Trinajstić information content (AvgIpc) is 2.67. The fourth-order valence-corrected chi connectivity index (χ4v) is 2.76. The molecule has 1 aromatic carbocycles. The van der Waals surface area contributed by atoms with Crippen LogP contribution in [0.2, 0.25) is 5.02 Å². The lowest BCUT2D eigenvalue weighted by Gasteiger charge is -2.07. The number of hydrogen-bond donors (Lipinski definition) is 1. The summed E-state index contributed by atoms with van der Waals surface area (Å²) >= 11 is 11.6. The molecule has 0 fully saturated rings. The van der Waals surface area contributed by atoms with E-state index in [0.717, 1.165) is 32.9 Å². The molecule has 0 atom stereocenters. The third-order valence-corrected chi connectivity index (χ3v) is 4.09. The first-order chi connectivity index (χ1) is 8.65. The number of aryl methyl sites for hydroxylation is 2. The third kappa shape index (κ3) is 2.62. The van der Waals surface area contributed by atoms with Gasteiger partial charge in [-0.3, -0.25) is 0 Å². The number of unbranched alkanes of at least 4 members (excludes halogenated alkanes) is 3. The van der Waals surface area contributed by atoms with E-state index < -0.39 is 0 Å². The molecule has 0 spiro atoms. The Kier molecular flexibility index (Phi) is 4.46. The second-order valence-corrected chi connectivity index (χ2v) is 5.50. The van der Waals surface area contributed by atoms with E-state index in [1.54, 1.807) is 0 Å². The van der Waals surface area contributed by atoms with E-state index in [1.165, 1.54) is 25.7 Å². The zero-order valence-corrected chi connectivity index (χ0v) is 12.5. The lowest BCUT2D eigenvalue weighted by atomic mass is 10.2. The minimum atomic E-state index is 0.798. The van der Waals surface area contributed by atoms with E-state index in [2.05, 4.69) is 23.4 Å². The number of benzene rings is 1. The average molecular weight is 283 g/mol. The van der Waals surface area contributed by atoms with Crippen molar-refractivity contribution in [2.45, 2.75) is 46.1 Å². The SMILES string of the molecule is CCCCCCn1c(=S)[nH]c2ccc(Cl)c(C)c21. The first-order valence-corrected chi connectivity index (χ1v) is 7.31. The molecule has 2 nitrogen and oxygen atoms in total. The van der Waals surface area contributed by atoms with Gasteiger partial charge in [0.15, 0.2) is 4.77 Å². The summed E-state index contributed by atoms with van der Waals surface area (Å²) < 4.78 is 2.98. The molecule has 0 saturated carbocycles. The number of hydrogen-bond acceptors (Lipinski definition) is 1. The van der Waals surface area contributed by atoms with Crippen molar-refractivity contribution in [3.05, 3.63) is 27.5 Å². The maximum atomic E-state index is 6.19. The molecular weight excluding hydrogens is 264 g/mol. The van der Waals surface area contributed by atoms with Crippen LogP contribution in [0.5, 0.6) is 0 Å². The van der Waals surface area contributed by atoms with Gasteiger partial charge in [-0.15, -0.1) is 0 Å². The Balaban J connectivity index is 2.34. The molecule has 1 N–H and O–H groups in total. The molecule has 0 saturated heterocycles. The molecule has 0 bridgehead atoms. The summed E-state index contributed by atoms with van der Waals surface area (Å²) in [6, 6.07) is 3.93. The van der Waals surface area contributed by atoms with Crippen molar-refractivity contribution in [3.63, 3.8) is 0 Å². The number of halogens is 1. The number of nitrogens with one attached hydrogen (secondary N) is 1. The summed E-state index contributed by atoms with van der Waals surface area (Å²) in [6.07, 6.45) is 4.96. The van der Waals surface area contributed by atoms with Crippen molar-refractivity contribution in [3.8, 4) is 0 Å². The van der Waals surface area contributed by atoms with E-state index in [9.17, 15) is 0 Å². The van der Waals surface area contributed by atoms with Gasteiger partial charge in [-0.2, -0.15) is 0 Å². The van der Waals surface area contributed by atoms with E-state index in [0.29, 0.717) is 0 Å². The predicted octanol–water partition coefficient (Wildman–Crippen LogP) is 5.24. The van der Waals surface area contributed by atoms with Crippen LogP contribution < -0.4 is 0 Å². The standard InChI is InChI=1S/C14H19ClN2S/c1-3-4-5-6-9-17-13-10(2)11(15)7-8-12(13)16-14(17)18/h7-8H,3-6,9H2,1-2H3,(H,16,18). The zero-order valence-electron chi connectivity index (χ0n) is 10.9. The van der Waals surface area contributed by atoms with Gasteiger partial charge in [-0.1, -0.05) is 37.8 Å². The molecule has 0 aliphatic rings. The quantitative estimate of drug-likeness (QED) is 0.587. The minimum Gasteiger partial charge on any atom is -0.331 e. The van der Waals surface area contributed by atoms with Crippen molar-refractivity contribution in [2.75, 3.05) is 0 Å². The largest absolute Gasteiger partial charge is 0.331 e. The lowest BCUT2D eigenvalue weighted by Crippen LogP contribution is -1.99. The van der Waals surface area contributed by atoms with Crippen LogP contribution in [-0.2, 0) is 6.54 Å². The molecule has 1 heterocycles. The smallest absolute Gasteiger partial charge is 0.178 e. The highest BCUT2D eigenvalue weighted by Gasteiger charge is 2.09. The highest BCUT2D eigenvalue weighted by Crippen LogP contribution is 2.25. The molecular formula is C14H19ClN2S. The molecule has 98 valence electrons. The molecule has 4 heteroatoms. The molecule has 2 aromatic rings. The predicted molar refractivity (Wildman–Crippen MR) is 81.0 cm³/mol. The summed E-state index contributed by atoms with van der Waals surface area (Å²) in [4.78, 5) is 3.26. The van der Waals surface area contributed by atoms with Crippen LogP contribution in [0.25, 0.3) is 11.0 Å². The van der Waals surface area contributed by atoms with E-state index in [4.69, 9.17) is 23.8 Å². The Bertz CT molecular complexity index is 598. The van der Waals surface area contributed by atoms with Crippen LogP contribution in [-0.4, -0.2) is 9.55 Å². The Hall–Kier alpha value is -0.800. The normalized spacial score (nSPS) is 11.3. The van der Waals surface area contributed by atoms with Crippen LogP contribution in [0.15, 0.2) is 12.1 Å². The Morgan fingerprint density at radius 1 is 1.28 bits per heavy atom. The number of aromatic amines is 1. The summed E-state index contributed by atoms with van der Waals surface area (Å²) in [6.45, 7) is 5.25. The van der Waals surface area contributed by atoms with E-state index in [-0.39, 0.29) is 0 Å². The number of nitrogens with zero attached hydrogens (tertiary/aromatic N) is 1. The van der Waals surface area contributed by atoms with Gasteiger partial charge in [-0.05, 0) is 43.3 Å². The zero-order chi connectivity index (χ0) is 13.1. The van der Waals surface area contributed by atoms with Crippen LogP contribution >= 0.6 is 23.8 Å². The summed E-state index contributed by atoms with van der Waals surface area (Å²) in [5.74, 6) is 0. The molecule has 0 unspecified atom stereocenters. The van der Waals surface area contributed by atoms with Crippen molar-refractivity contribution in [2.24, 2.45) is 0 Å². The maximum absolute atomic E-state index is 6.19. The Labute approximate surface area is 118 Å². The molecule has 0 aliphatic carbocycles. The monoisotopic (exact) mass is 282 g/mol. The van der Waals surface area contributed by atoms with E-state index in [1.807, 2.05) is 12.1 Å². The lowest BCUT2D eigenvalue weighted by molar-refractivity contribution is 0.587. The molecule has 0 amide bonds. The van der Waals surface area contributed by atoms with Crippen LogP contribution in [0.3, 0.4) is 0 Å². The van der Waals surface area contributed by atoms with Gasteiger partial charge in [0.2, 0.25) is 0 Å². The topological polar surface area (TPSA) is 20.7 Å². The second-order valence-electron chi connectivity index (χ2n) is 4.71. The highest BCUT2D eigenvalue weighted by atomic mass is 35.5. The van der Waals surface area contributed by atoms with Gasteiger partial charge in [0.25, 0.3) is 0 Å². The Morgan fingerprint density at radius 2 is 2.06 bits per heavy atom. The first kappa shape index (κ1) is 13.6. The summed E-state index contributed by atoms with van der Waals surface area (Å²) in [7, 11) is 0. The highest BCUT2D eigenvalue weighted by molar-refractivity contribution is 7.71. The summed E-state index contributed by atoms with van der Waals surface area (Å²) in [5.41, 5.74) is 3.35.